The number of aliphatic hydroxyl groups excluding tert-OH is 3. The average molecular weight is 667 g/mol. The van der Waals surface area contributed by atoms with Gasteiger partial charge in [-0.05, 0) is 12.5 Å². The Morgan fingerprint density at radius 3 is 1.98 bits per heavy atom. The first-order valence-electron chi connectivity index (χ1n) is 16.4. The Bertz CT molecular complexity index is 1000. The number of hydrogen-bond acceptors (Lipinski definition) is 12. The van der Waals surface area contributed by atoms with Crippen LogP contribution in [0, 0.1) is 0 Å². The van der Waals surface area contributed by atoms with Gasteiger partial charge in [-0.2, -0.15) is 4.98 Å². The van der Waals surface area contributed by atoms with Crippen LogP contribution in [0.2, 0.25) is 0 Å². The highest BCUT2D eigenvalue weighted by Crippen LogP contribution is 2.44. The number of rotatable bonds is 26. The summed E-state index contributed by atoms with van der Waals surface area (Å²) in [5.74, 6) is -0.0228. The summed E-state index contributed by atoms with van der Waals surface area (Å²) in [6.07, 6.45) is 15.1. The zero-order valence-corrected chi connectivity index (χ0v) is 27.9. The molecule has 264 valence electrons. The van der Waals surface area contributed by atoms with E-state index < -0.39 is 57.4 Å². The summed E-state index contributed by atoms with van der Waals surface area (Å²) >= 11 is 0. The predicted octanol–water partition coefficient (Wildman–Crippen LogP) is 4.38. The number of aliphatic hydroxyl groups is 3. The molecule has 15 heteroatoms. The third-order valence-electron chi connectivity index (χ3n) is 7.75. The zero-order chi connectivity index (χ0) is 32.2. The molecule has 6 unspecified atom stereocenters. The molecule has 1 aliphatic rings. The molecular weight excluding hydrogens is 607 g/mol. The van der Waals surface area contributed by atoms with Crippen molar-refractivity contribution >= 4 is 13.6 Å². The van der Waals surface area contributed by atoms with Crippen molar-refractivity contribution in [2.75, 3.05) is 32.2 Å². The van der Waals surface area contributed by atoms with Gasteiger partial charge in [-0.25, -0.2) is 9.36 Å². The van der Waals surface area contributed by atoms with E-state index >= 15 is 0 Å². The van der Waals surface area contributed by atoms with Gasteiger partial charge in [-0.3, -0.25) is 13.6 Å². The highest BCUT2D eigenvalue weighted by molar-refractivity contribution is 7.47. The Morgan fingerprint density at radius 2 is 1.44 bits per heavy atom. The van der Waals surface area contributed by atoms with Crippen molar-refractivity contribution in [3.8, 4) is 0 Å². The first-order valence-corrected chi connectivity index (χ1v) is 17.9. The van der Waals surface area contributed by atoms with Gasteiger partial charge in [-0.1, -0.05) is 103 Å². The van der Waals surface area contributed by atoms with E-state index in [2.05, 4.69) is 11.9 Å². The van der Waals surface area contributed by atoms with E-state index in [0.717, 1.165) is 23.8 Å². The number of unbranched alkanes of at least 4 members (excludes halogenated alkanes) is 15. The lowest BCUT2D eigenvalue weighted by Crippen LogP contribution is -2.36. The van der Waals surface area contributed by atoms with Crippen LogP contribution in [0.4, 0.5) is 5.82 Å². The number of anilines is 1. The van der Waals surface area contributed by atoms with Crippen molar-refractivity contribution in [1.82, 2.24) is 15.7 Å². The number of ether oxygens (including phenoxy) is 2. The van der Waals surface area contributed by atoms with Crippen molar-refractivity contribution < 1.29 is 43.3 Å². The molecule has 0 aromatic carbocycles. The van der Waals surface area contributed by atoms with Gasteiger partial charge in [0.05, 0.1) is 19.8 Å². The fraction of sp³-hybridized carbons (Fsp3) is 0.867. The standard InChI is InChI=1S/C30H56N3O10P.H3N/c1-2-3-4-5-6-7-8-9-10-11-12-13-14-15-16-17-20-40-21-24(34)22-41-44(38,39)42-23-25-27(35)28(36)29(43-25)33-19-18-26(31)32-30(33)37;/h18-19,24-25,27-29,34-36H,2-17,20-23H2,1H3,(H,38,39)(H2,31,32,37);1H3. The first-order chi connectivity index (χ1) is 21.1. The summed E-state index contributed by atoms with van der Waals surface area (Å²) in [5, 5.41) is 30.5. The molecule has 1 aromatic heterocycles. The summed E-state index contributed by atoms with van der Waals surface area (Å²) in [5.41, 5.74) is 4.65. The van der Waals surface area contributed by atoms with E-state index in [4.69, 9.17) is 24.3 Å². The zero-order valence-electron chi connectivity index (χ0n) is 27.0. The van der Waals surface area contributed by atoms with Crippen molar-refractivity contribution in [3.63, 3.8) is 0 Å². The molecule has 0 saturated carbocycles. The molecule has 45 heavy (non-hydrogen) atoms. The number of nitrogen functional groups attached to an aromatic ring is 1. The predicted molar refractivity (Wildman–Crippen MR) is 172 cm³/mol. The molecule has 1 aliphatic heterocycles. The van der Waals surface area contributed by atoms with E-state index in [9.17, 15) is 29.6 Å². The Kier molecular flexibility index (Phi) is 22.0. The molecule has 0 radical (unpaired) electrons. The van der Waals surface area contributed by atoms with Crippen LogP contribution in [0.1, 0.15) is 116 Å². The minimum Gasteiger partial charge on any atom is -0.388 e. The quantitative estimate of drug-likeness (QED) is 0.0596. The Balaban J connectivity index is 0.0000101. The van der Waals surface area contributed by atoms with E-state index in [1.807, 2.05) is 0 Å². The lowest BCUT2D eigenvalue weighted by atomic mass is 10.0. The van der Waals surface area contributed by atoms with Crippen LogP contribution >= 0.6 is 7.82 Å². The second kappa shape index (κ2) is 23.8. The lowest BCUT2D eigenvalue weighted by molar-refractivity contribution is -0.0567. The third-order valence-corrected chi connectivity index (χ3v) is 8.70. The van der Waals surface area contributed by atoms with Crippen molar-refractivity contribution in [2.24, 2.45) is 0 Å². The van der Waals surface area contributed by atoms with Gasteiger partial charge in [0.2, 0.25) is 0 Å². The number of hydrogen-bond donors (Lipinski definition) is 6. The maximum atomic E-state index is 12.2. The van der Waals surface area contributed by atoms with Crippen LogP contribution in [0.15, 0.2) is 17.1 Å². The number of aromatic nitrogens is 2. The third kappa shape index (κ3) is 17.3. The second-order valence-electron chi connectivity index (χ2n) is 11.7. The molecule has 0 aliphatic carbocycles. The summed E-state index contributed by atoms with van der Waals surface area (Å²) < 4.78 is 33.8. The van der Waals surface area contributed by atoms with Crippen LogP contribution in [-0.2, 0) is 23.1 Å². The Labute approximate surface area is 267 Å². The summed E-state index contributed by atoms with van der Waals surface area (Å²) in [7, 11) is -4.62. The van der Waals surface area contributed by atoms with Crippen LogP contribution < -0.4 is 17.6 Å². The van der Waals surface area contributed by atoms with Crippen LogP contribution in [0.3, 0.4) is 0 Å². The smallest absolute Gasteiger partial charge is 0.388 e. The number of phosphoric ester groups is 1. The summed E-state index contributed by atoms with van der Waals surface area (Å²) in [6, 6.07) is 1.32. The minimum atomic E-state index is -4.62. The molecule has 14 nitrogen and oxygen atoms in total. The monoisotopic (exact) mass is 666 g/mol. The number of nitrogens with zero attached hydrogens (tertiary/aromatic N) is 2. The molecule has 0 amide bonds. The number of nitrogens with two attached hydrogens (primary N) is 1. The van der Waals surface area contributed by atoms with Crippen molar-refractivity contribution in [2.45, 2.75) is 140 Å². The number of phosphoric acid groups is 1. The summed E-state index contributed by atoms with van der Waals surface area (Å²) in [6.45, 7) is 1.56. The molecule has 6 atom stereocenters. The van der Waals surface area contributed by atoms with E-state index in [0.29, 0.717) is 6.61 Å². The topological polar surface area (TPSA) is 231 Å². The SMILES string of the molecule is CCCCCCCCCCCCCCCCCCOCC(O)COP(=O)(O)OCC1OC(n2ccc(N)nc2=O)C(O)C1O.N. The lowest BCUT2D eigenvalue weighted by Gasteiger charge is -2.19. The summed E-state index contributed by atoms with van der Waals surface area (Å²) in [4.78, 5) is 25.5. The van der Waals surface area contributed by atoms with Gasteiger partial charge in [0, 0.05) is 12.8 Å². The first kappa shape index (κ1) is 41.6. The van der Waals surface area contributed by atoms with Gasteiger partial charge >= 0.3 is 13.5 Å². The molecule has 1 fully saturated rings. The highest BCUT2D eigenvalue weighted by Gasteiger charge is 2.45. The molecule has 9 N–H and O–H groups in total. The Hall–Kier alpha value is -1.45. The van der Waals surface area contributed by atoms with Crippen molar-refractivity contribution in [3.05, 3.63) is 22.7 Å². The maximum Gasteiger partial charge on any atom is 0.472 e. The van der Waals surface area contributed by atoms with E-state index in [-0.39, 0.29) is 18.6 Å². The van der Waals surface area contributed by atoms with Crippen LogP contribution in [0.5, 0.6) is 0 Å². The second-order valence-corrected chi connectivity index (χ2v) is 13.1. The molecule has 2 heterocycles. The Morgan fingerprint density at radius 1 is 0.911 bits per heavy atom. The average Bonchev–Trinajstić information content (AvgIpc) is 3.27. The van der Waals surface area contributed by atoms with Gasteiger partial charge in [0.15, 0.2) is 6.23 Å². The maximum absolute atomic E-state index is 12.2. The fourth-order valence-electron chi connectivity index (χ4n) is 5.12. The van der Waals surface area contributed by atoms with Gasteiger partial charge < -0.3 is 41.6 Å². The normalized spacial score (nSPS) is 21.8. The van der Waals surface area contributed by atoms with Crippen molar-refractivity contribution in [1.29, 1.82) is 0 Å². The van der Waals surface area contributed by atoms with Gasteiger partial charge in [0.1, 0.15) is 30.2 Å². The molecule has 0 spiro atoms. The molecule has 1 aromatic rings. The fourth-order valence-corrected chi connectivity index (χ4v) is 5.89. The van der Waals surface area contributed by atoms with E-state index in [1.54, 1.807) is 0 Å². The molecule has 1 saturated heterocycles. The molecular formula is C30H59N4O10P. The largest absolute Gasteiger partial charge is 0.472 e. The van der Waals surface area contributed by atoms with E-state index in [1.165, 1.54) is 95.7 Å². The minimum absolute atomic E-state index is 0. The van der Waals surface area contributed by atoms with Crippen LogP contribution in [-0.4, -0.2) is 80.6 Å². The van der Waals surface area contributed by atoms with Gasteiger partial charge in [0.25, 0.3) is 0 Å². The van der Waals surface area contributed by atoms with Crippen LogP contribution in [0.25, 0.3) is 0 Å². The van der Waals surface area contributed by atoms with Gasteiger partial charge in [-0.15, -0.1) is 0 Å². The highest BCUT2D eigenvalue weighted by atomic mass is 31.2. The molecule has 0 bridgehead atoms. The molecule has 2 rings (SSSR count).